The van der Waals surface area contributed by atoms with Gasteiger partial charge in [0.1, 0.15) is 0 Å². The molecule has 94 valence electrons. The van der Waals surface area contributed by atoms with Gasteiger partial charge in [-0.25, -0.2) is 0 Å². The first-order valence-corrected chi connectivity index (χ1v) is 6.28. The number of nitrogens with zero attached hydrogens (tertiary/aromatic N) is 2. The van der Waals surface area contributed by atoms with Gasteiger partial charge in [-0.2, -0.15) is 0 Å². The number of aliphatic hydroxyl groups excluding tert-OH is 1. The third-order valence-corrected chi connectivity index (χ3v) is 3.31. The second kappa shape index (κ2) is 6.86. The zero-order chi connectivity index (χ0) is 12.0. The first kappa shape index (κ1) is 13.5. The van der Waals surface area contributed by atoms with Gasteiger partial charge in [-0.15, -0.1) is 0 Å². The van der Waals surface area contributed by atoms with Crippen molar-refractivity contribution in [2.24, 2.45) is 0 Å². The summed E-state index contributed by atoms with van der Waals surface area (Å²) in [4.78, 5) is 16.0. The molecule has 0 unspecified atom stereocenters. The molecule has 1 amide bonds. The van der Waals surface area contributed by atoms with Crippen LogP contribution in [0.15, 0.2) is 0 Å². The molecule has 4 nitrogen and oxygen atoms in total. The summed E-state index contributed by atoms with van der Waals surface area (Å²) >= 11 is 0. The van der Waals surface area contributed by atoms with Gasteiger partial charge >= 0.3 is 0 Å². The van der Waals surface area contributed by atoms with Gasteiger partial charge in [0.05, 0.1) is 13.2 Å². The number of likely N-dealkylation sites (tertiary alicyclic amines) is 1. The van der Waals surface area contributed by atoms with Crippen LogP contribution in [0.5, 0.6) is 0 Å². The Labute approximate surface area is 98.2 Å². The van der Waals surface area contributed by atoms with Gasteiger partial charge in [0.2, 0.25) is 5.91 Å². The second-order valence-electron chi connectivity index (χ2n) is 4.61. The quantitative estimate of drug-likeness (QED) is 0.753. The van der Waals surface area contributed by atoms with Crippen molar-refractivity contribution in [2.75, 3.05) is 33.3 Å². The van der Waals surface area contributed by atoms with Crippen molar-refractivity contribution < 1.29 is 9.90 Å². The van der Waals surface area contributed by atoms with Crippen molar-refractivity contribution in [3.8, 4) is 0 Å². The highest BCUT2D eigenvalue weighted by molar-refractivity contribution is 5.78. The molecule has 0 aromatic carbocycles. The van der Waals surface area contributed by atoms with E-state index in [-0.39, 0.29) is 12.5 Å². The Morgan fingerprint density at radius 2 is 2.25 bits per heavy atom. The number of carbonyl (C=O) groups excluding carboxylic acids is 1. The number of hydrogen-bond donors (Lipinski definition) is 1. The molecule has 16 heavy (non-hydrogen) atoms. The molecule has 1 fully saturated rings. The van der Waals surface area contributed by atoms with Crippen LogP contribution in [0.25, 0.3) is 0 Å². The van der Waals surface area contributed by atoms with E-state index in [0.29, 0.717) is 19.1 Å². The van der Waals surface area contributed by atoms with Crippen molar-refractivity contribution in [2.45, 2.75) is 38.6 Å². The smallest absolute Gasteiger partial charge is 0.236 e. The fourth-order valence-corrected chi connectivity index (χ4v) is 2.32. The third kappa shape index (κ3) is 3.76. The number of piperidine rings is 1. The van der Waals surface area contributed by atoms with Crippen molar-refractivity contribution in [3.05, 3.63) is 0 Å². The van der Waals surface area contributed by atoms with Crippen LogP contribution >= 0.6 is 0 Å². The average Bonchev–Trinajstić information content (AvgIpc) is 2.29. The largest absolute Gasteiger partial charge is 0.395 e. The van der Waals surface area contributed by atoms with Crippen molar-refractivity contribution in [1.29, 1.82) is 0 Å². The van der Waals surface area contributed by atoms with E-state index in [0.717, 1.165) is 25.8 Å². The Morgan fingerprint density at radius 1 is 1.50 bits per heavy atom. The minimum absolute atomic E-state index is 0.112. The molecule has 0 spiro atoms. The Kier molecular flexibility index (Phi) is 5.77. The minimum atomic E-state index is 0.112. The molecule has 1 atom stereocenters. The van der Waals surface area contributed by atoms with Crippen LogP contribution in [0.2, 0.25) is 0 Å². The maximum Gasteiger partial charge on any atom is 0.236 e. The van der Waals surface area contributed by atoms with Crippen LogP contribution in [0.4, 0.5) is 0 Å². The van der Waals surface area contributed by atoms with E-state index >= 15 is 0 Å². The van der Waals surface area contributed by atoms with E-state index in [1.165, 1.54) is 6.42 Å². The fraction of sp³-hybridized carbons (Fsp3) is 0.917. The highest BCUT2D eigenvalue weighted by Crippen LogP contribution is 2.19. The van der Waals surface area contributed by atoms with Crippen molar-refractivity contribution >= 4 is 5.91 Å². The van der Waals surface area contributed by atoms with Gasteiger partial charge in [0, 0.05) is 19.1 Å². The van der Waals surface area contributed by atoms with E-state index in [1.807, 2.05) is 16.8 Å². The fourth-order valence-electron chi connectivity index (χ4n) is 2.32. The molecule has 4 heteroatoms. The molecule has 0 aliphatic carbocycles. The lowest BCUT2D eigenvalue weighted by molar-refractivity contribution is -0.135. The summed E-state index contributed by atoms with van der Waals surface area (Å²) < 4.78 is 0. The van der Waals surface area contributed by atoms with E-state index in [9.17, 15) is 4.79 Å². The highest BCUT2D eigenvalue weighted by atomic mass is 16.3. The summed E-state index contributed by atoms with van der Waals surface area (Å²) in [5, 5.41) is 8.79. The molecule has 0 bridgehead atoms. The molecule has 1 heterocycles. The predicted octanol–water partition coefficient (Wildman–Crippen LogP) is 0.702. The third-order valence-electron chi connectivity index (χ3n) is 3.31. The number of hydrogen-bond acceptors (Lipinski definition) is 3. The Hall–Kier alpha value is -0.610. The normalized spacial score (nSPS) is 21.5. The summed E-state index contributed by atoms with van der Waals surface area (Å²) in [6.45, 7) is 4.16. The molecule has 0 aromatic rings. The summed E-state index contributed by atoms with van der Waals surface area (Å²) in [6.07, 6.45) is 4.57. The highest BCUT2D eigenvalue weighted by Gasteiger charge is 2.25. The topological polar surface area (TPSA) is 43.8 Å². The average molecular weight is 228 g/mol. The van der Waals surface area contributed by atoms with Crippen molar-refractivity contribution in [3.63, 3.8) is 0 Å². The molecular formula is C12H24N2O2. The first-order valence-electron chi connectivity index (χ1n) is 6.28. The van der Waals surface area contributed by atoms with Gasteiger partial charge < -0.3 is 10.0 Å². The van der Waals surface area contributed by atoms with Crippen LogP contribution < -0.4 is 0 Å². The lowest BCUT2D eigenvalue weighted by atomic mass is 10.00. The molecule has 1 N–H and O–H groups in total. The maximum absolute atomic E-state index is 12.1. The minimum Gasteiger partial charge on any atom is -0.395 e. The van der Waals surface area contributed by atoms with E-state index in [2.05, 4.69) is 6.92 Å². The zero-order valence-electron chi connectivity index (χ0n) is 10.5. The number of likely N-dealkylation sites (N-methyl/N-ethyl adjacent to an activating group) is 1. The lowest BCUT2D eigenvalue weighted by Crippen LogP contribution is -2.47. The Bertz CT molecular complexity index is 221. The van der Waals surface area contributed by atoms with E-state index in [1.54, 1.807) is 0 Å². The van der Waals surface area contributed by atoms with Crippen LogP contribution in [0.1, 0.15) is 32.6 Å². The monoisotopic (exact) mass is 228 g/mol. The Balaban J connectivity index is 2.44. The molecule has 1 saturated heterocycles. The second-order valence-corrected chi connectivity index (χ2v) is 4.61. The first-order chi connectivity index (χ1) is 7.69. The Morgan fingerprint density at radius 3 is 2.88 bits per heavy atom. The predicted molar refractivity (Wildman–Crippen MR) is 64.2 cm³/mol. The molecule has 0 aromatic heterocycles. The summed E-state index contributed by atoms with van der Waals surface area (Å²) in [7, 11) is 1.87. The lowest BCUT2D eigenvalue weighted by Gasteiger charge is -2.36. The van der Waals surface area contributed by atoms with Crippen molar-refractivity contribution in [1.82, 2.24) is 9.80 Å². The summed E-state index contributed by atoms with van der Waals surface area (Å²) in [6, 6.07) is 0.434. The van der Waals surface area contributed by atoms with Gasteiger partial charge in [-0.05, 0) is 32.7 Å². The van der Waals surface area contributed by atoms with Crippen LogP contribution in [0, 0.1) is 0 Å². The van der Waals surface area contributed by atoms with Crippen LogP contribution in [-0.2, 0) is 4.79 Å². The van der Waals surface area contributed by atoms with Crippen LogP contribution in [-0.4, -0.2) is 60.1 Å². The number of aliphatic hydroxyl groups is 1. The standard InChI is InChI=1S/C12H24N2O2/c1-3-11-6-4-5-7-14(11)12(16)10-13(2)8-9-15/h11,15H,3-10H2,1-2H3/t11-/m1/s1. The van der Waals surface area contributed by atoms with Gasteiger partial charge in [0.25, 0.3) is 0 Å². The van der Waals surface area contributed by atoms with E-state index < -0.39 is 0 Å². The molecule has 0 saturated carbocycles. The summed E-state index contributed by atoms with van der Waals surface area (Å²) in [5.41, 5.74) is 0. The SMILES string of the molecule is CC[C@@H]1CCCCN1C(=O)CN(C)CCO. The van der Waals surface area contributed by atoms with Gasteiger partial charge in [-0.3, -0.25) is 9.69 Å². The molecule has 0 radical (unpaired) electrons. The number of amides is 1. The number of carbonyl (C=O) groups is 1. The maximum atomic E-state index is 12.1. The molecule has 1 aliphatic rings. The summed E-state index contributed by atoms with van der Waals surface area (Å²) in [5.74, 6) is 0.211. The van der Waals surface area contributed by atoms with E-state index in [4.69, 9.17) is 5.11 Å². The van der Waals surface area contributed by atoms with Gasteiger partial charge in [-0.1, -0.05) is 6.92 Å². The zero-order valence-corrected chi connectivity index (χ0v) is 10.5. The molecule has 1 rings (SSSR count). The number of rotatable bonds is 5. The molecule has 1 aliphatic heterocycles. The molecular weight excluding hydrogens is 204 g/mol. The van der Waals surface area contributed by atoms with Gasteiger partial charge in [0.15, 0.2) is 0 Å². The van der Waals surface area contributed by atoms with Crippen LogP contribution in [0.3, 0.4) is 0 Å².